The maximum atomic E-state index is 2.38. The van der Waals surface area contributed by atoms with Gasteiger partial charge in [0.15, 0.2) is 0 Å². The van der Waals surface area contributed by atoms with Crippen LogP contribution in [0.5, 0.6) is 0 Å². The molecule has 0 rings (SSSR count). The first-order valence-electron chi connectivity index (χ1n) is 5.82. The molecule has 0 aromatic rings. The van der Waals surface area contributed by atoms with Crippen molar-refractivity contribution in [2.24, 2.45) is 5.92 Å². The molecule has 0 bridgehead atoms. The van der Waals surface area contributed by atoms with E-state index < -0.39 is 0 Å². The molecule has 15 heavy (non-hydrogen) atoms. The summed E-state index contributed by atoms with van der Waals surface area (Å²) in [5.41, 5.74) is 0. The molecule has 0 amide bonds. The van der Waals surface area contributed by atoms with Gasteiger partial charge in [-0.25, -0.2) is 0 Å². The Balaban J connectivity index is 0. The molecule has 0 unspecified atom stereocenters. The average molecular weight is 277 g/mol. The van der Waals surface area contributed by atoms with Crippen molar-refractivity contribution in [2.75, 3.05) is 41.3 Å². The van der Waals surface area contributed by atoms with Crippen LogP contribution in [0.2, 0.25) is 0 Å². The van der Waals surface area contributed by atoms with Gasteiger partial charge in [0.2, 0.25) is 0 Å². The van der Waals surface area contributed by atoms with Gasteiger partial charge in [-0.05, 0) is 72.9 Å². The normalized spacial score (nSPS) is 11.2. The van der Waals surface area contributed by atoms with Crippen LogP contribution >= 0.6 is 0 Å². The zero-order valence-electron chi connectivity index (χ0n) is 10.7. The standard InChI is InChI=1S/C12H28N2.GeH4/c1-12(8-6-10-13(2)3)9-7-11-14(4)5;/h12H,6-11H2,1-5H3;1H4. The van der Waals surface area contributed by atoms with Crippen LogP contribution in [0.25, 0.3) is 0 Å². The molecular formula is C12H32GeN2. The Morgan fingerprint density at radius 2 is 1.13 bits per heavy atom. The van der Waals surface area contributed by atoms with Crippen LogP contribution in [-0.4, -0.2) is 68.7 Å². The molecular weight excluding hydrogens is 245 g/mol. The molecule has 0 aliphatic carbocycles. The van der Waals surface area contributed by atoms with Crippen molar-refractivity contribution >= 4 is 17.6 Å². The Bertz CT molecular complexity index is 113. The molecule has 2 nitrogen and oxygen atoms in total. The molecule has 3 heteroatoms. The van der Waals surface area contributed by atoms with E-state index in [9.17, 15) is 0 Å². The van der Waals surface area contributed by atoms with Crippen molar-refractivity contribution in [3.05, 3.63) is 0 Å². The van der Waals surface area contributed by atoms with Crippen LogP contribution in [-0.2, 0) is 0 Å². The minimum atomic E-state index is 0. The van der Waals surface area contributed by atoms with Crippen LogP contribution in [0.4, 0.5) is 0 Å². The Morgan fingerprint density at radius 3 is 1.40 bits per heavy atom. The topological polar surface area (TPSA) is 6.48 Å². The van der Waals surface area contributed by atoms with Gasteiger partial charge in [0.25, 0.3) is 0 Å². The molecule has 0 spiro atoms. The predicted molar refractivity (Wildman–Crippen MR) is 76.1 cm³/mol. The average Bonchev–Trinajstić information content (AvgIpc) is 2.02. The van der Waals surface area contributed by atoms with Gasteiger partial charge in [-0.1, -0.05) is 6.92 Å². The van der Waals surface area contributed by atoms with Crippen molar-refractivity contribution in [1.82, 2.24) is 9.80 Å². The molecule has 0 aliphatic heterocycles. The van der Waals surface area contributed by atoms with E-state index in [1.165, 1.54) is 38.8 Å². The summed E-state index contributed by atoms with van der Waals surface area (Å²) in [5, 5.41) is 0. The molecule has 0 radical (unpaired) electrons. The Morgan fingerprint density at radius 1 is 0.800 bits per heavy atom. The minimum absolute atomic E-state index is 0. The molecule has 0 fully saturated rings. The maximum absolute atomic E-state index is 2.38. The van der Waals surface area contributed by atoms with Crippen molar-refractivity contribution < 1.29 is 0 Å². The summed E-state index contributed by atoms with van der Waals surface area (Å²) in [7, 11) is 8.60. The van der Waals surface area contributed by atoms with Gasteiger partial charge < -0.3 is 9.80 Å². The predicted octanol–water partition coefficient (Wildman–Crippen LogP) is 0.854. The fraction of sp³-hybridized carbons (Fsp3) is 1.00. The van der Waals surface area contributed by atoms with E-state index in [0.29, 0.717) is 0 Å². The van der Waals surface area contributed by atoms with Gasteiger partial charge in [0, 0.05) is 0 Å². The van der Waals surface area contributed by atoms with Crippen molar-refractivity contribution in [3.63, 3.8) is 0 Å². The first-order chi connectivity index (χ1) is 6.52. The van der Waals surface area contributed by atoms with E-state index in [4.69, 9.17) is 0 Å². The van der Waals surface area contributed by atoms with Gasteiger partial charge in [-0.3, -0.25) is 0 Å². The third-order valence-corrected chi connectivity index (χ3v) is 2.60. The second kappa shape index (κ2) is 11.0. The molecule has 0 atom stereocenters. The summed E-state index contributed by atoms with van der Waals surface area (Å²) in [6.07, 6.45) is 5.45. The van der Waals surface area contributed by atoms with E-state index in [2.05, 4.69) is 44.9 Å². The van der Waals surface area contributed by atoms with Crippen LogP contribution in [0.3, 0.4) is 0 Å². The van der Waals surface area contributed by atoms with Crippen LogP contribution < -0.4 is 0 Å². The number of rotatable bonds is 8. The van der Waals surface area contributed by atoms with Crippen LogP contribution in [0.1, 0.15) is 32.6 Å². The Labute approximate surface area is 107 Å². The summed E-state index contributed by atoms with van der Waals surface area (Å²) in [6, 6.07) is 0. The summed E-state index contributed by atoms with van der Waals surface area (Å²) < 4.78 is 0. The van der Waals surface area contributed by atoms with E-state index in [0.717, 1.165) is 5.92 Å². The van der Waals surface area contributed by atoms with Crippen molar-refractivity contribution in [3.8, 4) is 0 Å². The summed E-state index contributed by atoms with van der Waals surface area (Å²) in [6.45, 7) is 4.85. The fourth-order valence-electron chi connectivity index (χ4n) is 1.66. The third-order valence-electron chi connectivity index (χ3n) is 2.60. The fourth-order valence-corrected chi connectivity index (χ4v) is 1.66. The second-order valence-corrected chi connectivity index (χ2v) is 5.00. The zero-order chi connectivity index (χ0) is 11.0. The number of nitrogens with zero attached hydrogens (tertiary/aromatic N) is 2. The van der Waals surface area contributed by atoms with Crippen molar-refractivity contribution in [2.45, 2.75) is 32.6 Å². The first-order valence-corrected chi connectivity index (χ1v) is 5.82. The van der Waals surface area contributed by atoms with Gasteiger partial charge in [-0.15, -0.1) is 0 Å². The van der Waals surface area contributed by atoms with Gasteiger partial charge in [-0.2, -0.15) is 0 Å². The molecule has 0 saturated heterocycles. The van der Waals surface area contributed by atoms with Gasteiger partial charge in [0.05, 0.1) is 0 Å². The van der Waals surface area contributed by atoms with E-state index in [1.54, 1.807) is 0 Å². The Hall–Kier alpha value is 0.463. The van der Waals surface area contributed by atoms with Gasteiger partial charge >= 0.3 is 17.6 Å². The number of hydrogen-bond donors (Lipinski definition) is 0. The molecule has 0 aliphatic rings. The summed E-state index contributed by atoms with van der Waals surface area (Å²) in [5.74, 6) is 0.898. The van der Waals surface area contributed by atoms with E-state index >= 15 is 0 Å². The van der Waals surface area contributed by atoms with Crippen molar-refractivity contribution in [1.29, 1.82) is 0 Å². The SMILES string of the molecule is CC(CCCN(C)C)CCCN(C)C.[GeH4]. The van der Waals surface area contributed by atoms with E-state index in [-0.39, 0.29) is 17.6 Å². The summed E-state index contributed by atoms with van der Waals surface area (Å²) in [4.78, 5) is 4.54. The van der Waals surface area contributed by atoms with Crippen LogP contribution in [0, 0.1) is 5.92 Å². The molecule has 0 aromatic heterocycles. The first kappa shape index (κ1) is 17.8. The molecule has 94 valence electrons. The molecule has 0 N–H and O–H groups in total. The second-order valence-electron chi connectivity index (χ2n) is 5.00. The molecule has 0 aromatic carbocycles. The monoisotopic (exact) mass is 278 g/mol. The third kappa shape index (κ3) is 14.5. The quantitative estimate of drug-likeness (QED) is 0.607. The van der Waals surface area contributed by atoms with E-state index in [1.807, 2.05) is 0 Å². The number of hydrogen-bond acceptors (Lipinski definition) is 2. The zero-order valence-corrected chi connectivity index (χ0v) is 10.7. The Kier molecular flexibility index (Phi) is 13.0. The van der Waals surface area contributed by atoms with Crippen LogP contribution in [0.15, 0.2) is 0 Å². The molecule has 0 heterocycles. The summed E-state index contributed by atoms with van der Waals surface area (Å²) >= 11 is 0. The molecule has 0 saturated carbocycles. The van der Waals surface area contributed by atoms with Gasteiger partial charge in [0.1, 0.15) is 0 Å².